The van der Waals surface area contributed by atoms with Crippen LogP contribution in [-0.4, -0.2) is 35.4 Å². The fraction of sp³-hybridized carbons (Fsp3) is 0.273. The number of amides is 2. The zero-order valence-corrected chi connectivity index (χ0v) is 9.34. The molecular weight excluding hydrogens is 240 g/mol. The molecule has 4 N–H and O–H groups in total. The van der Waals surface area contributed by atoms with Crippen molar-refractivity contribution in [3.63, 3.8) is 0 Å². The normalized spacial score (nSPS) is 15.1. The Labute approximate surface area is 102 Å². The second kappa shape index (κ2) is 4.92. The summed E-state index contributed by atoms with van der Waals surface area (Å²) in [6.45, 7) is -0.272. The number of benzene rings is 1. The number of aliphatic hydroxyl groups excluding tert-OH is 1. The highest BCUT2D eigenvalue weighted by molar-refractivity contribution is 5.95. The van der Waals surface area contributed by atoms with E-state index in [1.165, 1.54) is 0 Å². The van der Waals surface area contributed by atoms with Gasteiger partial charge in [0.25, 0.3) is 5.91 Å². The summed E-state index contributed by atoms with van der Waals surface area (Å²) in [5.41, 5.74) is 0.902. The van der Waals surface area contributed by atoms with Crippen LogP contribution in [0.1, 0.15) is 11.7 Å². The maximum absolute atomic E-state index is 11.1. The highest BCUT2D eigenvalue weighted by Crippen LogP contribution is 2.34. The second-order valence-corrected chi connectivity index (χ2v) is 3.76. The monoisotopic (exact) mass is 252 g/mol. The highest BCUT2D eigenvalue weighted by atomic mass is 16.5. The molecular formula is C11H12N2O5. The van der Waals surface area contributed by atoms with Crippen molar-refractivity contribution in [2.45, 2.75) is 6.10 Å². The van der Waals surface area contributed by atoms with Crippen LogP contribution >= 0.6 is 0 Å². The van der Waals surface area contributed by atoms with Gasteiger partial charge >= 0.3 is 6.09 Å². The van der Waals surface area contributed by atoms with E-state index in [1.54, 1.807) is 18.2 Å². The van der Waals surface area contributed by atoms with Crippen molar-refractivity contribution in [3.05, 3.63) is 23.8 Å². The lowest BCUT2D eigenvalue weighted by atomic mass is 10.1. The molecule has 7 heteroatoms. The molecule has 96 valence electrons. The van der Waals surface area contributed by atoms with Gasteiger partial charge < -0.3 is 25.6 Å². The first-order chi connectivity index (χ1) is 8.58. The number of fused-ring (bicyclic) bond motifs is 1. The Morgan fingerprint density at radius 1 is 1.56 bits per heavy atom. The van der Waals surface area contributed by atoms with E-state index in [-0.39, 0.29) is 19.1 Å². The van der Waals surface area contributed by atoms with E-state index in [1.807, 2.05) is 0 Å². The lowest BCUT2D eigenvalue weighted by Gasteiger charge is -2.22. The average molecular weight is 252 g/mol. The number of hydrogen-bond acceptors (Lipinski definition) is 4. The van der Waals surface area contributed by atoms with Crippen LogP contribution in [0.3, 0.4) is 0 Å². The third-order valence-corrected chi connectivity index (χ3v) is 2.47. The molecule has 18 heavy (non-hydrogen) atoms. The molecule has 0 aliphatic carbocycles. The number of carbonyl (C=O) groups excluding carboxylic acids is 1. The summed E-state index contributed by atoms with van der Waals surface area (Å²) >= 11 is 0. The summed E-state index contributed by atoms with van der Waals surface area (Å²) in [6, 6.07) is 4.91. The van der Waals surface area contributed by atoms with Gasteiger partial charge in [-0.1, -0.05) is 12.1 Å². The third kappa shape index (κ3) is 2.51. The Balaban J connectivity index is 2.20. The molecule has 1 aliphatic rings. The standard InChI is InChI=1S/C11H12N2O5/c14-8(4-12-11(16)17)6-2-1-3-7-10(6)18-5-9(15)13-7/h1-3,8,12,14H,4-5H2,(H,13,15)(H,16,17). The fourth-order valence-electron chi connectivity index (χ4n) is 1.69. The first kappa shape index (κ1) is 12.2. The molecule has 1 heterocycles. The average Bonchev–Trinajstić information content (AvgIpc) is 2.34. The van der Waals surface area contributed by atoms with E-state index in [2.05, 4.69) is 10.6 Å². The van der Waals surface area contributed by atoms with Crippen molar-refractivity contribution in [2.75, 3.05) is 18.5 Å². The van der Waals surface area contributed by atoms with E-state index in [0.717, 1.165) is 0 Å². The molecule has 1 unspecified atom stereocenters. The minimum Gasteiger partial charge on any atom is -0.481 e. The molecule has 2 amide bonds. The number of aliphatic hydroxyl groups is 1. The summed E-state index contributed by atoms with van der Waals surface area (Å²) in [4.78, 5) is 21.5. The number of anilines is 1. The Morgan fingerprint density at radius 2 is 2.33 bits per heavy atom. The molecule has 0 bridgehead atoms. The van der Waals surface area contributed by atoms with E-state index in [4.69, 9.17) is 9.84 Å². The topological polar surface area (TPSA) is 108 Å². The predicted octanol–water partition coefficient (Wildman–Crippen LogP) is 0.318. The summed E-state index contributed by atoms with van der Waals surface area (Å²) in [5, 5.41) is 23.0. The van der Waals surface area contributed by atoms with Crippen molar-refractivity contribution in [1.82, 2.24) is 5.32 Å². The Bertz CT molecular complexity index is 488. The number of ether oxygens (including phenoxy) is 1. The molecule has 1 aromatic carbocycles. The van der Waals surface area contributed by atoms with Crippen LogP contribution in [0.4, 0.5) is 10.5 Å². The second-order valence-electron chi connectivity index (χ2n) is 3.76. The number of rotatable bonds is 3. The lowest BCUT2D eigenvalue weighted by molar-refractivity contribution is -0.118. The largest absolute Gasteiger partial charge is 0.481 e. The summed E-state index contributed by atoms with van der Waals surface area (Å²) < 4.78 is 5.25. The zero-order chi connectivity index (χ0) is 13.1. The van der Waals surface area contributed by atoms with Crippen LogP contribution in [0, 0.1) is 0 Å². The van der Waals surface area contributed by atoms with Crippen LogP contribution in [0.5, 0.6) is 5.75 Å². The van der Waals surface area contributed by atoms with Crippen LogP contribution in [-0.2, 0) is 4.79 Å². The van der Waals surface area contributed by atoms with Gasteiger partial charge in [-0.25, -0.2) is 4.79 Å². The van der Waals surface area contributed by atoms with E-state index in [0.29, 0.717) is 17.0 Å². The SMILES string of the molecule is O=C(O)NCC(O)c1cccc2c1OCC(=O)N2. The van der Waals surface area contributed by atoms with Crippen LogP contribution in [0.25, 0.3) is 0 Å². The van der Waals surface area contributed by atoms with Crippen LogP contribution in [0.2, 0.25) is 0 Å². The van der Waals surface area contributed by atoms with Gasteiger partial charge in [0.1, 0.15) is 11.9 Å². The predicted molar refractivity (Wildman–Crippen MR) is 61.6 cm³/mol. The summed E-state index contributed by atoms with van der Waals surface area (Å²) in [6.07, 6.45) is -2.25. The van der Waals surface area contributed by atoms with Gasteiger partial charge in [-0.2, -0.15) is 0 Å². The first-order valence-electron chi connectivity index (χ1n) is 5.28. The molecule has 1 aliphatic heterocycles. The molecule has 0 aromatic heterocycles. The molecule has 0 fully saturated rings. The fourth-order valence-corrected chi connectivity index (χ4v) is 1.69. The molecule has 0 spiro atoms. The number of hydrogen-bond donors (Lipinski definition) is 4. The summed E-state index contributed by atoms with van der Waals surface area (Å²) in [5.74, 6) is 0.106. The van der Waals surface area contributed by atoms with Gasteiger partial charge in [-0.15, -0.1) is 0 Å². The van der Waals surface area contributed by atoms with Crippen LogP contribution < -0.4 is 15.4 Å². The van der Waals surface area contributed by atoms with Crippen LogP contribution in [0.15, 0.2) is 18.2 Å². The molecule has 0 radical (unpaired) electrons. The number of carboxylic acid groups (broad SMARTS) is 1. The minimum absolute atomic E-state index is 0.122. The van der Waals surface area contributed by atoms with Crippen molar-refractivity contribution in [3.8, 4) is 5.75 Å². The Hall–Kier alpha value is -2.28. The van der Waals surface area contributed by atoms with Gasteiger partial charge in [0.05, 0.1) is 12.2 Å². The molecule has 1 aromatic rings. The van der Waals surface area contributed by atoms with Gasteiger partial charge in [-0.3, -0.25) is 4.79 Å². The van der Waals surface area contributed by atoms with E-state index >= 15 is 0 Å². The van der Waals surface area contributed by atoms with E-state index in [9.17, 15) is 14.7 Å². The van der Waals surface area contributed by atoms with Gasteiger partial charge in [-0.05, 0) is 6.07 Å². The molecule has 0 saturated heterocycles. The third-order valence-electron chi connectivity index (χ3n) is 2.47. The molecule has 2 rings (SSSR count). The Kier molecular flexibility index (Phi) is 3.33. The van der Waals surface area contributed by atoms with Crippen molar-refractivity contribution >= 4 is 17.7 Å². The maximum Gasteiger partial charge on any atom is 0.404 e. The lowest BCUT2D eigenvalue weighted by Crippen LogP contribution is -2.29. The molecule has 0 saturated carbocycles. The Morgan fingerprint density at radius 3 is 3.06 bits per heavy atom. The van der Waals surface area contributed by atoms with Gasteiger partial charge in [0.15, 0.2) is 6.61 Å². The molecule has 7 nitrogen and oxygen atoms in total. The van der Waals surface area contributed by atoms with E-state index < -0.39 is 12.2 Å². The number of carbonyl (C=O) groups is 2. The van der Waals surface area contributed by atoms with Gasteiger partial charge in [0, 0.05) is 5.56 Å². The highest BCUT2D eigenvalue weighted by Gasteiger charge is 2.22. The van der Waals surface area contributed by atoms with Crippen molar-refractivity contribution < 1.29 is 24.5 Å². The van der Waals surface area contributed by atoms with Crippen molar-refractivity contribution in [2.24, 2.45) is 0 Å². The number of nitrogens with one attached hydrogen (secondary N) is 2. The van der Waals surface area contributed by atoms with Crippen molar-refractivity contribution in [1.29, 1.82) is 0 Å². The number of para-hydroxylation sites is 1. The first-order valence-corrected chi connectivity index (χ1v) is 5.28. The quantitative estimate of drug-likeness (QED) is 0.619. The molecule has 1 atom stereocenters. The zero-order valence-electron chi connectivity index (χ0n) is 9.34. The summed E-state index contributed by atoms with van der Waals surface area (Å²) in [7, 11) is 0. The van der Waals surface area contributed by atoms with Gasteiger partial charge in [0.2, 0.25) is 0 Å². The smallest absolute Gasteiger partial charge is 0.404 e. The minimum atomic E-state index is -1.21. The maximum atomic E-state index is 11.1.